The number of amides is 2. The molecule has 0 heterocycles. The molecule has 0 bridgehead atoms. The lowest BCUT2D eigenvalue weighted by molar-refractivity contribution is -0.118. The standard InChI is InChI=1S/C23H19IN2O5/c1-14-12-15(22(28)26-20-5-3-2-4-18(20)23(29)30)6-11-19(14)25-21(27)13-31-17-9-7-16(24)8-10-17/h2-12H,13H2,1H3,(H,25,27)(H,26,28)(H,29,30). The summed E-state index contributed by atoms with van der Waals surface area (Å²) < 4.78 is 6.54. The molecule has 0 saturated heterocycles. The minimum atomic E-state index is -1.13. The summed E-state index contributed by atoms with van der Waals surface area (Å²) in [5.41, 5.74) is 1.79. The number of carbonyl (C=O) groups excluding carboxylic acids is 2. The molecule has 0 aromatic heterocycles. The Morgan fingerprint density at radius 3 is 2.32 bits per heavy atom. The molecule has 7 nitrogen and oxygen atoms in total. The van der Waals surface area contributed by atoms with Crippen LogP contribution < -0.4 is 15.4 Å². The van der Waals surface area contributed by atoms with Gasteiger partial charge in [0, 0.05) is 14.8 Å². The zero-order valence-corrected chi connectivity index (χ0v) is 18.7. The number of ether oxygens (including phenoxy) is 1. The molecule has 0 aliphatic rings. The van der Waals surface area contributed by atoms with E-state index in [-0.39, 0.29) is 23.8 Å². The number of aromatic carboxylic acids is 1. The Morgan fingerprint density at radius 1 is 0.935 bits per heavy atom. The van der Waals surface area contributed by atoms with Crippen LogP contribution in [0.15, 0.2) is 66.7 Å². The van der Waals surface area contributed by atoms with Gasteiger partial charge in [0.25, 0.3) is 11.8 Å². The van der Waals surface area contributed by atoms with E-state index in [1.165, 1.54) is 12.1 Å². The normalized spacial score (nSPS) is 10.3. The summed E-state index contributed by atoms with van der Waals surface area (Å²) in [5.74, 6) is -1.30. The molecule has 3 N–H and O–H groups in total. The monoisotopic (exact) mass is 530 g/mol. The topological polar surface area (TPSA) is 105 Å². The van der Waals surface area contributed by atoms with E-state index in [1.807, 2.05) is 12.1 Å². The maximum absolute atomic E-state index is 12.5. The van der Waals surface area contributed by atoms with E-state index in [1.54, 1.807) is 49.4 Å². The second-order valence-corrected chi connectivity index (χ2v) is 7.87. The molecule has 0 atom stereocenters. The van der Waals surface area contributed by atoms with Crippen LogP contribution in [0.1, 0.15) is 26.3 Å². The Kier molecular flexibility index (Phi) is 7.24. The Balaban J connectivity index is 1.63. The summed E-state index contributed by atoms with van der Waals surface area (Å²) in [6, 6.07) is 18.3. The van der Waals surface area contributed by atoms with Gasteiger partial charge in [0.1, 0.15) is 5.75 Å². The lowest BCUT2D eigenvalue weighted by Gasteiger charge is -2.12. The van der Waals surface area contributed by atoms with Gasteiger partial charge in [-0.15, -0.1) is 0 Å². The lowest BCUT2D eigenvalue weighted by atomic mass is 10.1. The van der Waals surface area contributed by atoms with Crippen LogP contribution in [0.4, 0.5) is 11.4 Å². The Morgan fingerprint density at radius 2 is 1.65 bits per heavy atom. The fourth-order valence-corrected chi connectivity index (χ4v) is 3.14. The molecule has 2 amide bonds. The summed E-state index contributed by atoms with van der Waals surface area (Å²) in [7, 11) is 0. The zero-order valence-electron chi connectivity index (χ0n) is 16.5. The summed E-state index contributed by atoms with van der Waals surface area (Å²) in [4.78, 5) is 36.0. The highest BCUT2D eigenvalue weighted by Gasteiger charge is 2.14. The van der Waals surface area contributed by atoms with E-state index >= 15 is 0 Å². The second kappa shape index (κ2) is 10.1. The quantitative estimate of drug-likeness (QED) is 0.389. The van der Waals surface area contributed by atoms with Crippen molar-refractivity contribution in [3.05, 3.63) is 87.0 Å². The van der Waals surface area contributed by atoms with Crippen LogP contribution in [0.3, 0.4) is 0 Å². The average molecular weight is 530 g/mol. The molecule has 0 saturated carbocycles. The SMILES string of the molecule is Cc1cc(C(=O)Nc2ccccc2C(=O)O)ccc1NC(=O)COc1ccc(I)cc1. The highest BCUT2D eigenvalue weighted by atomic mass is 127. The van der Waals surface area contributed by atoms with Gasteiger partial charge in [0.05, 0.1) is 11.3 Å². The van der Waals surface area contributed by atoms with Gasteiger partial charge in [0.15, 0.2) is 6.61 Å². The molecule has 31 heavy (non-hydrogen) atoms. The molecule has 0 unspecified atom stereocenters. The molecule has 0 aliphatic carbocycles. The number of halogens is 1. The number of para-hydroxylation sites is 1. The number of rotatable bonds is 7. The maximum Gasteiger partial charge on any atom is 0.337 e. The largest absolute Gasteiger partial charge is 0.484 e. The van der Waals surface area contributed by atoms with Gasteiger partial charge < -0.3 is 20.5 Å². The number of anilines is 2. The molecule has 3 aromatic carbocycles. The molecule has 3 rings (SSSR count). The van der Waals surface area contributed by atoms with E-state index in [0.717, 1.165) is 3.57 Å². The van der Waals surface area contributed by atoms with Gasteiger partial charge in [0.2, 0.25) is 0 Å². The van der Waals surface area contributed by atoms with Crippen molar-refractivity contribution in [1.29, 1.82) is 0 Å². The fraction of sp³-hybridized carbons (Fsp3) is 0.0870. The van der Waals surface area contributed by atoms with Crippen molar-refractivity contribution in [3.63, 3.8) is 0 Å². The third-order valence-electron chi connectivity index (χ3n) is 4.35. The van der Waals surface area contributed by atoms with Crippen LogP contribution in [-0.4, -0.2) is 29.5 Å². The summed E-state index contributed by atoms with van der Waals surface area (Å²) in [5, 5.41) is 14.6. The van der Waals surface area contributed by atoms with E-state index < -0.39 is 11.9 Å². The van der Waals surface area contributed by atoms with E-state index in [4.69, 9.17) is 4.74 Å². The van der Waals surface area contributed by atoms with Gasteiger partial charge in [-0.1, -0.05) is 12.1 Å². The van der Waals surface area contributed by atoms with Crippen LogP contribution in [0.5, 0.6) is 5.75 Å². The minimum absolute atomic E-state index is 0.00424. The van der Waals surface area contributed by atoms with Gasteiger partial charge >= 0.3 is 5.97 Å². The molecule has 0 spiro atoms. The highest BCUT2D eigenvalue weighted by Crippen LogP contribution is 2.20. The number of benzene rings is 3. The number of carbonyl (C=O) groups is 3. The molecule has 3 aromatic rings. The second-order valence-electron chi connectivity index (χ2n) is 6.63. The molecular weight excluding hydrogens is 511 g/mol. The van der Waals surface area contributed by atoms with Crippen LogP contribution in [0.25, 0.3) is 0 Å². The number of carboxylic acids is 1. The summed E-state index contributed by atoms with van der Waals surface area (Å²) in [6.07, 6.45) is 0. The van der Waals surface area contributed by atoms with E-state index in [2.05, 4.69) is 33.2 Å². The number of hydrogen-bond donors (Lipinski definition) is 3. The van der Waals surface area contributed by atoms with Gasteiger partial charge in [-0.05, 0) is 89.7 Å². The Bertz CT molecular complexity index is 1130. The van der Waals surface area contributed by atoms with Crippen molar-refractivity contribution >= 4 is 51.7 Å². The van der Waals surface area contributed by atoms with Crippen molar-refractivity contribution in [2.45, 2.75) is 6.92 Å². The third kappa shape index (κ3) is 6.05. The first-order valence-electron chi connectivity index (χ1n) is 9.26. The predicted octanol–water partition coefficient (Wildman–Crippen LogP) is 4.57. The Labute approximate surface area is 192 Å². The van der Waals surface area contributed by atoms with Gasteiger partial charge in [-0.3, -0.25) is 9.59 Å². The molecule has 158 valence electrons. The number of hydrogen-bond acceptors (Lipinski definition) is 4. The van der Waals surface area contributed by atoms with Crippen LogP contribution >= 0.6 is 22.6 Å². The summed E-state index contributed by atoms with van der Waals surface area (Å²) >= 11 is 2.18. The molecule has 0 aliphatic heterocycles. The summed E-state index contributed by atoms with van der Waals surface area (Å²) in [6.45, 7) is 1.62. The number of carboxylic acid groups (broad SMARTS) is 1. The maximum atomic E-state index is 12.5. The lowest BCUT2D eigenvalue weighted by Crippen LogP contribution is -2.21. The third-order valence-corrected chi connectivity index (χ3v) is 5.07. The smallest absolute Gasteiger partial charge is 0.337 e. The average Bonchev–Trinajstić information content (AvgIpc) is 2.75. The number of aryl methyl sites for hydroxylation is 1. The molecule has 0 radical (unpaired) electrons. The van der Waals surface area contributed by atoms with Gasteiger partial charge in [-0.2, -0.15) is 0 Å². The van der Waals surface area contributed by atoms with Crippen molar-refractivity contribution in [1.82, 2.24) is 0 Å². The van der Waals surface area contributed by atoms with E-state index in [0.29, 0.717) is 22.6 Å². The van der Waals surface area contributed by atoms with Crippen molar-refractivity contribution in [2.24, 2.45) is 0 Å². The fourth-order valence-electron chi connectivity index (χ4n) is 2.78. The highest BCUT2D eigenvalue weighted by molar-refractivity contribution is 14.1. The van der Waals surface area contributed by atoms with Crippen LogP contribution in [-0.2, 0) is 4.79 Å². The van der Waals surface area contributed by atoms with E-state index in [9.17, 15) is 19.5 Å². The van der Waals surface area contributed by atoms with Crippen molar-refractivity contribution in [2.75, 3.05) is 17.2 Å². The first-order chi connectivity index (χ1) is 14.8. The minimum Gasteiger partial charge on any atom is -0.484 e. The first-order valence-corrected chi connectivity index (χ1v) is 10.3. The van der Waals surface area contributed by atoms with Gasteiger partial charge in [-0.25, -0.2) is 4.79 Å². The first kappa shape index (κ1) is 22.3. The number of nitrogens with one attached hydrogen (secondary N) is 2. The van der Waals surface area contributed by atoms with Crippen LogP contribution in [0.2, 0.25) is 0 Å². The predicted molar refractivity (Wildman–Crippen MR) is 126 cm³/mol. The van der Waals surface area contributed by atoms with Crippen molar-refractivity contribution < 1.29 is 24.2 Å². The molecule has 0 fully saturated rings. The zero-order chi connectivity index (χ0) is 22.4. The Hall–Kier alpha value is -3.40. The van der Waals surface area contributed by atoms with Crippen molar-refractivity contribution in [3.8, 4) is 5.75 Å². The van der Waals surface area contributed by atoms with Crippen LogP contribution in [0, 0.1) is 10.5 Å². The molecular formula is C23H19IN2O5. The molecule has 8 heteroatoms.